The molecule has 0 saturated heterocycles. The van der Waals surface area contributed by atoms with Crippen LogP contribution in [0.2, 0.25) is 0 Å². The van der Waals surface area contributed by atoms with E-state index in [1.54, 1.807) is 32.0 Å². The van der Waals surface area contributed by atoms with Crippen LogP contribution in [0.1, 0.15) is 51.8 Å². The minimum absolute atomic E-state index is 0.377. The first kappa shape index (κ1) is 17.1. The molecule has 1 aromatic carbocycles. The van der Waals surface area contributed by atoms with Crippen LogP contribution < -0.4 is 15.4 Å². The SMILES string of the molecule is CC(C)(C)NC(=O)N[C@@H]1C(O)c2cc(C#N)ccc2OC1(C)C. The van der Waals surface area contributed by atoms with E-state index in [9.17, 15) is 9.90 Å². The van der Waals surface area contributed by atoms with Crippen molar-refractivity contribution in [3.63, 3.8) is 0 Å². The van der Waals surface area contributed by atoms with Crippen molar-refractivity contribution >= 4 is 6.03 Å². The lowest BCUT2D eigenvalue weighted by molar-refractivity contribution is -0.0231. The number of hydrogen-bond donors (Lipinski definition) is 3. The third-order valence-corrected chi connectivity index (χ3v) is 3.67. The van der Waals surface area contributed by atoms with E-state index < -0.39 is 17.7 Å². The Morgan fingerprint density at radius 1 is 1.39 bits per heavy atom. The summed E-state index contributed by atoms with van der Waals surface area (Å²) >= 11 is 0. The molecule has 2 amide bonds. The fourth-order valence-electron chi connectivity index (χ4n) is 2.62. The maximum Gasteiger partial charge on any atom is 0.315 e. The Bertz CT molecular complexity index is 656. The van der Waals surface area contributed by atoms with Crippen molar-refractivity contribution in [2.75, 3.05) is 0 Å². The number of hydrogen-bond acceptors (Lipinski definition) is 4. The van der Waals surface area contributed by atoms with Gasteiger partial charge in [0.25, 0.3) is 0 Å². The molecule has 6 heteroatoms. The second-order valence-electron chi connectivity index (χ2n) is 7.34. The van der Waals surface area contributed by atoms with Gasteiger partial charge < -0.3 is 20.5 Å². The number of rotatable bonds is 1. The van der Waals surface area contributed by atoms with Crippen molar-refractivity contribution in [3.8, 4) is 11.8 Å². The molecule has 2 rings (SSSR count). The molecule has 1 aliphatic heterocycles. The summed E-state index contributed by atoms with van der Waals surface area (Å²) in [4.78, 5) is 12.2. The van der Waals surface area contributed by atoms with E-state index in [1.165, 1.54) is 0 Å². The molecule has 23 heavy (non-hydrogen) atoms. The Balaban J connectivity index is 2.29. The number of nitriles is 1. The van der Waals surface area contributed by atoms with Crippen LogP contribution in [0.25, 0.3) is 0 Å². The molecule has 0 bridgehead atoms. The van der Waals surface area contributed by atoms with Crippen molar-refractivity contribution in [1.82, 2.24) is 10.6 Å². The van der Waals surface area contributed by atoms with Crippen molar-refractivity contribution in [3.05, 3.63) is 29.3 Å². The summed E-state index contributed by atoms with van der Waals surface area (Å²) in [6.45, 7) is 9.23. The minimum Gasteiger partial charge on any atom is -0.485 e. The average Bonchev–Trinajstić information content (AvgIpc) is 2.41. The Kier molecular flexibility index (Phi) is 4.27. The molecule has 0 aliphatic carbocycles. The van der Waals surface area contributed by atoms with E-state index in [4.69, 9.17) is 10.00 Å². The van der Waals surface area contributed by atoms with Crippen molar-refractivity contribution in [2.45, 2.75) is 57.9 Å². The second kappa shape index (κ2) is 5.74. The van der Waals surface area contributed by atoms with Gasteiger partial charge in [-0.2, -0.15) is 5.26 Å². The molecule has 2 atom stereocenters. The van der Waals surface area contributed by atoms with Gasteiger partial charge >= 0.3 is 6.03 Å². The van der Waals surface area contributed by atoms with Crippen LogP contribution in [0.4, 0.5) is 4.79 Å². The average molecular weight is 317 g/mol. The van der Waals surface area contributed by atoms with Gasteiger partial charge in [0.15, 0.2) is 0 Å². The third kappa shape index (κ3) is 3.74. The normalized spacial score (nSPS) is 22.3. The molecule has 3 N–H and O–H groups in total. The lowest BCUT2D eigenvalue weighted by Crippen LogP contribution is -2.61. The van der Waals surface area contributed by atoms with E-state index >= 15 is 0 Å². The zero-order valence-electron chi connectivity index (χ0n) is 14.1. The smallest absolute Gasteiger partial charge is 0.315 e. The Hall–Kier alpha value is -2.26. The third-order valence-electron chi connectivity index (χ3n) is 3.67. The number of nitrogens with zero attached hydrogens (tertiary/aromatic N) is 1. The number of amides is 2. The van der Waals surface area contributed by atoms with Crippen molar-refractivity contribution < 1.29 is 14.6 Å². The van der Waals surface area contributed by atoms with E-state index in [1.807, 2.05) is 26.8 Å². The van der Waals surface area contributed by atoms with Crippen LogP contribution in [0.5, 0.6) is 5.75 Å². The highest BCUT2D eigenvalue weighted by Crippen LogP contribution is 2.40. The van der Waals surface area contributed by atoms with E-state index in [2.05, 4.69) is 10.6 Å². The minimum atomic E-state index is -0.965. The number of ether oxygens (including phenoxy) is 1. The maximum atomic E-state index is 12.2. The van der Waals surface area contributed by atoms with Gasteiger partial charge in [-0.3, -0.25) is 0 Å². The molecular weight excluding hydrogens is 294 g/mol. The number of benzene rings is 1. The summed E-state index contributed by atoms with van der Waals surface area (Å²) in [5.41, 5.74) is -0.246. The van der Waals surface area contributed by atoms with Crippen LogP contribution in [0, 0.1) is 11.3 Å². The molecular formula is C17H23N3O3. The number of aliphatic hydroxyl groups excluding tert-OH is 1. The number of carbonyl (C=O) groups excluding carboxylic acids is 1. The molecule has 1 aliphatic rings. The lowest BCUT2D eigenvalue weighted by atomic mass is 9.85. The fraction of sp³-hybridized carbons (Fsp3) is 0.529. The first-order chi connectivity index (χ1) is 10.5. The Morgan fingerprint density at radius 2 is 2.04 bits per heavy atom. The molecule has 1 heterocycles. The number of aliphatic hydroxyl groups is 1. The molecule has 0 saturated carbocycles. The predicted octanol–water partition coefficient (Wildman–Crippen LogP) is 2.23. The number of carbonyl (C=O) groups is 1. The molecule has 0 spiro atoms. The Labute approximate surface area is 136 Å². The second-order valence-corrected chi connectivity index (χ2v) is 7.34. The standard InChI is InChI=1S/C17H23N3O3/c1-16(2,3)20-15(22)19-14-13(21)11-8-10(9-18)6-7-12(11)23-17(14,4)5/h6-8,13-14,21H,1-5H3,(H2,19,20,22)/t13?,14-/m1/s1. The quantitative estimate of drug-likeness (QED) is 0.740. The van der Waals surface area contributed by atoms with Crippen molar-refractivity contribution in [1.29, 1.82) is 5.26 Å². The molecule has 1 aromatic rings. The highest BCUT2D eigenvalue weighted by molar-refractivity contribution is 5.75. The fourth-order valence-corrected chi connectivity index (χ4v) is 2.62. The molecule has 6 nitrogen and oxygen atoms in total. The van der Waals surface area contributed by atoms with Gasteiger partial charge in [0.1, 0.15) is 17.5 Å². The lowest BCUT2D eigenvalue weighted by Gasteiger charge is -2.43. The highest BCUT2D eigenvalue weighted by Gasteiger charge is 2.44. The number of urea groups is 1. The van der Waals surface area contributed by atoms with Crippen LogP contribution in [-0.2, 0) is 0 Å². The van der Waals surface area contributed by atoms with Crippen molar-refractivity contribution in [2.24, 2.45) is 0 Å². The van der Waals surface area contributed by atoms with Gasteiger partial charge in [0.05, 0.1) is 17.7 Å². The summed E-state index contributed by atoms with van der Waals surface area (Å²) in [5.74, 6) is 0.524. The van der Waals surface area contributed by atoms with E-state index in [-0.39, 0.29) is 11.6 Å². The monoisotopic (exact) mass is 317 g/mol. The molecule has 0 aromatic heterocycles. The molecule has 0 radical (unpaired) electrons. The number of fused-ring (bicyclic) bond motifs is 1. The molecule has 0 fully saturated rings. The Morgan fingerprint density at radius 3 is 2.61 bits per heavy atom. The zero-order valence-corrected chi connectivity index (χ0v) is 14.1. The van der Waals surface area contributed by atoms with Gasteiger partial charge in [0, 0.05) is 11.1 Å². The van der Waals surface area contributed by atoms with Crippen LogP contribution in [0.15, 0.2) is 18.2 Å². The van der Waals surface area contributed by atoms with E-state index in [0.29, 0.717) is 16.9 Å². The summed E-state index contributed by atoms with van der Waals surface area (Å²) in [6, 6.07) is 5.92. The topological polar surface area (TPSA) is 94.4 Å². The van der Waals surface area contributed by atoms with Crippen LogP contribution in [0.3, 0.4) is 0 Å². The largest absolute Gasteiger partial charge is 0.485 e. The first-order valence-corrected chi connectivity index (χ1v) is 7.53. The number of nitrogens with one attached hydrogen (secondary N) is 2. The van der Waals surface area contributed by atoms with Gasteiger partial charge in [-0.25, -0.2) is 4.79 Å². The van der Waals surface area contributed by atoms with Gasteiger partial charge in [-0.05, 0) is 52.8 Å². The molecule has 124 valence electrons. The molecule has 1 unspecified atom stereocenters. The summed E-state index contributed by atoms with van der Waals surface area (Å²) in [5, 5.41) is 25.3. The van der Waals surface area contributed by atoms with Crippen LogP contribution in [-0.4, -0.2) is 28.3 Å². The van der Waals surface area contributed by atoms with Gasteiger partial charge in [0.2, 0.25) is 0 Å². The summed E-state index contributed by atoms with van der Waals surface area (Å²) in [6.07, 6.45) is -0.965. The van der Waals surface area contributed by atoms with Gasteiger partial charge in [-0.1, -0.05) is 0 Å². The van der Waals surface area contributed by atoms with Crippen LogP contribution >= 0.6 is 0 Å². The zero-order chi connectivity index (χ0) is 17.4. The predicted molar refractivity (Wildman–Crippen MR) is 86.0 cm³/mol. The van der Waals surface area contributed by atoms with E-state index in [0.717, 1.165) is 0 Å². The summed E-state index contributed by atoms with van der Waals surface area (Å²) < 4.78 is 5.92. The summed E-state index contributed by atoms with van der Waals surface area (Å²) in [7, 11) is 0. The highest BCUT2D eigenvalue weighted by atomic mass is 16.5. The van der Waals surface area contributed by atoms with Gasteiger partial charge in [-0.15, -0.1) is 0 Å². The first-order valence-electron chi connectivity index (χ1n) is 7.53. The maximum absolute atomic E-state index is 12.2.